The van der Waals surface area contributed by atoms with Crippen molar-refractivity contribution >= 4 is 21.7 Å². The monoisotopic (exact) mass is 432 g/mol. The molecule has 1 aliphatic carbocycles. The fraction of sp³-hybridized carbons (Fsp3) is 0.409. The fourth-order valence-corrected chi connectivity index (χ4v) is 6.09. The van der Waals surface area contributed by atoms with E-state index in [2.05, 4.69) is 0 Å². The van der Waals surface area contributed by atoms with Gasteiger partial charge in [-0.15, -0.1) is 0 Å². The lowest BCUT2D eigenvalue weighted by Gasteiger charge is -2.40. The molecule has 0 amide bonds. The van der Waals surface area contributed by atoms with Gasteiger partial charge >= 0.3 is 5.97 Å². The highest BCUT2D eigenvalue weighted by Gasteiger charge is 2.36. The van der Waals surface area contributed by atoms with E-state index in [4.69, 9.17) is 0 Å². The first-order valence-electron chi connectivity index (χ1n) is 10.1. The second-order valence-corrected chi connectivity index (χ2v) is 10.0. The Bertz CT molecular complexity index is 1100. The molecule has 0 bridgehead atoms. The number of nitrogens with zero attached hydrogens (tertiary/aromatic N) is 2. The van der Waals surface area contributed by atoms with Gasteiger partial charge in [0.05, 0.1) is 10.8 Å². The molecule has 1 unspecified atom stereocenters. The molecule has 1 heterocycles. The van der Waals surface area contributed by atoms with E-state index in [-0.39, 0.29) is 23.3 Å². The molecule has 2 aliphatic rings. The third-order valence-corrected chi connectivity index (χ3v) is 8.20. The van der Waals surface area contributed by atoms with Crippen LogP contribution in [0.1, 0.15) is 36.0 Å². The summed E-state index contributed by atoms with van der Waals surface area (Å²) in [4.78, 5) is 13.6. The van der Waals surface area contributed by atoms with Crippen molar-refractivity contribution < 1.29 is 22.7 Å². The number of carboxylic acids is 1. The molecule has 0 radical (unpaired) electrons. The summed E-state index contributed by atoms with van der Waals surface area (Å²) in [6.07, 6.45) is 1.14. The number of hydrogen-bond acceptors (Lipinski definition) is 4. The van der Waals surface area contributed by atoms with Gasteiger partial charge in [0.2, 0.25) is 10.0 Å². The Morgan fingerprint density at radius 2 is 1.93 bits per heavy atom. The quantitative estimate of drug-likeness (QED) is 0.803. The lowest BCUT2D eigenvalue weighted by molar-refractivity contribution is -0.138. The number of carboxylic acid groups (broad SMARTS) is 1. The molecular formula is C22H25FN2O4S. The van der Waals surface area contributed by atoms with Crippen molar-refractivity contribution in [2.75, 3.05) is 24.5 Å². The van der Waals surface area contributed by atoms with E-state index in [1.54, 1.807) is 25.1 Å². The summed E-state index contributed by atoms with van der Waals surface area (Å²) in [6, 6.07) is 9.60. The van der Waals surface area contributed by atoms with Gasteiger partial charge in [0.25, 0.3) is 0 Å². The van der Waals surface area contributed by atoms with E-state index in [1.165, 1.54) is 16.4 Å². The summed E-state index contributed by atoms with van der Waals surface area (Å²) < 4.78 is 42.0. The number of benzene rings is 2. The summed E-state index contributed by atoms with van der Waals surface area (Å²) in [6.45, 7) is 4.72. The number of anilines is 1. The largest absolute Gasteiger partial charge is 0.481 e. The molecule has 1 aliphatic heterocycles. The molecule has 2 atom stereocenters. The highest BCUT2D eigenvalue weighted by Crippen LogP contribution is 2.36. The molecule has 2 aromatic rings. The van der Waals surface area contributed by atoms with Gasteiger partial charge in [-0.3, -0.25) is 4.79 Å². The predicted octanol–water partition coefficient (Wildman–Crippen LogP) is 3.15. The number of aryl methyl sites for hydroxylation is 2. The Hall–Kier alpha value is -2.45. The highest BCUT2D eigenvalue weighted by molar-refractivity contribution is 7.89. The third-order valence-electron chi connectivity index (χ3n) is 6.19. The Balaban J connectivity index is 1.57. The summed E-state index contributed by atoms with van der Waals surface area (Å²) in [7, 11) is -3.76. The van der Waals surface area contributed by atoms with Gasteiger partial charge in [-0.25, -0.2) is 12.8 Å². The van der Waals surface area contributed by atoms with Crippen molar-refractivity contribution in [3.8, 4) is 0 Å². The molecule has 160 valence electrons. The number of piperazine rings is 1. The highest BCUT2D eigenvalue weighted by atomic mass is 32.2. The van der Waals surface area contributed by atoms with Gasteiger partial charge in [-0.05, 0) is 67.6 Å². The summed E-state index contributed by atoms with van der Waals surface area (Å²) in [5, 5.41) is 9.43. The maximum atomic E-state index is 13.9. The Morgan fingerprint density at radius 3 is 2.60 bits per heavy atom. The fourth-order valence-electron chi connectivity index (χ4n) is 4.44. The maximum absolute atomic E-state index is 13.9. The number of fused-ring (bicyclic) bond motifs is 1. The van der Waals surface area contributed by atoms with Crippen LogP contribution >= 0.6 is 0 Å². The van der Waals surface area contributed by atoms with E-state index < -0.39 is 21.9 Å². The first-order chi connectivity index (χ1) is 14.2. The van der Waals surface area contributed by atoms with Crippen LogP contribution < -0.4 is 4.90 Å². The summed E-state index contributed by atoms with van der Waals surface area (Å²) in [5.74, 6) is -1.85. The van der Waals surface area contributed by atoms with Crippen LogP contribution in [0.2, 0.25) is 0 Å². The molecule has 0 spiro atoms. The second-order valence-electron chi connectivity index (χ2n) is 8.13. The van der Waals surface area contributed by atoms with Crippen LogP contribution in [0.3, 0.4) is 0 Å². The van der Waals surface area contributed by atoms with Crippen molar-refractivity contribution in [2.24, 2.45) is 0 Å². The van der Waals surface area contributed by atoms with Crippen LogP contribution in [0.25, 0.3) is 0 Å². The minimum Gasteiger partial charge on any atom is -0.481 e. The number of sulfonamides is 1. The molecule has 1 saturated heterocycles. The summed E-state index contributed by atoms with van der Waals surface area (Å²) >= 11 is 0. The van der Waals surface area contributed by atoms with Crippen molar-refractivity contribution in [3.63, 3.8) is 0 Å². The number of aliphatic carboxylic acids is 1. The lowest BCUT2D eigenvalue weighted by atomic mass is 10.0. The van der Waals surface area contributed by atoms with Crippen LogP contribution in [0.5, 0.6) is 0 Å². The van der Waals surface area contributed by atoms with E-state index in [1.807, 2.05) is 17.9 Å². The van der Waals surface area contributed by atoms with Gasteiger partial charge in [-0.1, -0.05) is 12.1 Å². The SMILES string of the molecule is Cc1ccc(N2CCN(S(=O)(=O)c3ccc4c(c3)C(C(=O)O)CC4)[C@@H](C)C2)cc1F. The van der Waals surface area contributed by atoms with Crippen LogP contribution in [-0.4, -0.2) is 49.5 Å². The second kappa shape index (κ2) is 7.67. The average Bonchev–Trinajstić information content (AvgIpc) is 3.13. The molecule has 8 heteroatoms. The first-order valence-corrected chi connectivity index (χ1v) is 11.5. The van der Waals surface area contributed by atoms with Crippen molar-refractivity contribution in [1.29, 1.82) is 0 Å². The molecule has 4 rings (SSSR count). The number of hydrogen-bond donors (Lipinski definition) is 1. The molecule has 1 N–H and O–H groups in total. The van der Waals surface area contributed by atoms with Crippen molar-refractivity contribution in [2.45, 2.75) is 43.5 Å². The summed E-state index contributed by atoms with van der Waals surface area (Å²) in [5.41, 5.74) is 2.82. The third kappa shape index (κ3) is 3.58. The van der Waals surface area contributed by atoms with Crippen LogP contribution in [0.15, 0.2) is 41.3 Å². The minimum atomic E-state index is -3.76. The van der Waals surface area contributed by atoms with E-state index in [0.717, 1.165) is 11.3 Å². The van der Waals surface area contributed by atoms with Gasteiger partial charge in [0.1, 0.15) is 5.82 Å². The van der Waals surface area contributed by atoms with E-state index in [9.17, 15) is 22.7 Å². The number of halogens is 1. The van der Waals surface area contributed by atoms with E-state index in [0.29, 0.717) is 37.1 Å². The molecule has 1 fully saturated rings. The molecule has 30 heavy (non-hydrogen) atoms. The topological polar surface area (TPSA) is 77.9 Å². The van der Waals surface area contributed by atoms with Gasteiger partial charge in [-0.2, -0.15) is 4.31 Å². The lowest BCUT2D eigenvalue weighted by Crippen LogP contribution is -2.54. The molecule has 2 aromatic carbocycles. The Kier molecular flexibility index (Phi) is 5.32. The zero-order chi connectivity index (χ0) is 21.6. The maximum Gasteiger partial charge on any atom is 0.310 e. The Morgan fingerprint density at radius 1 is 1.17 bits per heavy atom. The van der Waals surface area contributed by atoms with Crippen molar-refractivity contribution in [3.05, 3.63) is 58.9 Å². The molecule has 0 saturated carbocycles. The average molecular weight is 433 g/mol. The van der Waals surface area contributed by atoms with Gasteiger partial charge in [0.15, 0.2) is 0 Å². The number of carbonyl (C=O) groups is 1. The normalized spacial score (nSPS) is 22.2. The molecular weight excluding hydrogens is 407 g/mol. The number of rotatable bonds is 4. The van der Waals surface area contributed by atoms with Crippen molar-refractivity contribution in [1.82, 2.24) is 4.31 Å². The minimum absolute atomic E-state index is 0.135. The molecule has 6 nitrogen and oxygen atoms in total. The predicted molar refractivity (Wildman–Crippen MR) is 112 cm³/mol. The van der Waals surface area contributed by atoms with Crippen LogP contribution in [0, 0.1) is 12.7 Å². The van der Waals surface area contributed by atoms with Crippen LogP contribution in [-0.2, 0) is 21.2 Å². The molecule has 0 aromatic heterocycles. The zero-order valence-electron chi connectivity index (χ0n) is 17.0. The van der Waals surface area contributed by atoms with E-state index >= 15 is 0 Å². The standard InChI is InChI=1S/C22H25FN2O4S/c1-14-3-6-17(11-21(14)23)24-9-10-25(15(2)13-24)30(28,29)18-7-4-16-5-8-19(22(26)27)20(16)12-18/h3-4,6-7,11-12,15,19H,5,8-10,13H2,1-2H3,(H,26,27)/t15-,19?/m0/s1. The first kappa shape index (κ1) is 20.8. The Labute approximate surface area is 176 Å². The van der Waals surface area contributed by atoms with Gasteiger partial charge in [0, 0.05) is 31.4 Å². The smallest absolute Gasteiger partial charge is 0.310 e. The zero-order valence-corrected chi connectivity index (χ0v) is 17.8. The van der Waals surface area contributed by atoms with Crippen LogP contribution in [0.4, 0.5) is 10.1 Å². The van der Waals surface area contributed by atoms with Gasteiger partial charge < -0.3 is 10.0 Å².